The molecule has 7 nitrogen and oxygen atoms in total. The number of carbonyl (C=O) groups excluding carboxylic acids is 2. The Kier molecular flexibility index (Phi) is 6.58. The molecule has 4 rings (SSSR count). The number of nitrogens with zero attached hydrogens (tertiary/aromatic N) is 2. The maximum Gasteiger partial charge on any atom is 0.295 e. The molecule has 1 aromatic heterocycles. The number of methoxy groups -OCH3 is 2. The van der Waals surface area contributed by atoms with Gasteiger partial charge in [0.25, 0.3) is 11.7 Å². The lowest BCUT2D eigenvalue weighted by atomic mass is 9.95. The first-order valence-electron chi connectivity index (χ1n) is 10.6. The lowest BCUT2D eigenvalue weighted by Gasteiger charge is -2.25. The fourth-order valence-corrected chi connectivity index (χ4v) is 4.04. The zero-order valence-electron chi connectivity index (χ0n) is 18.7. The van der Waals surface area contributed by atoms with E-state index in [-0.39, 0.29) is 23.7 Å². The summed E-state index contributed by atoms with van der Waals surface area (Å²) in [5.41, 5.74) is 1.74. The average molecular weight is 462 g/mol. The molecule has 1 aliphatic rings. The van der Waals surface area contributed by atoms with Crippen molar-refractivity contribution in [2.24, 2.45) is 0 Å². The third kappa shape index (κ3) is 4.34. The second kappa shape index (κ2) is 9.74. The van der Waals surface area contributed by atoms with Gasteiger partial charge >= 0.3 is 0 Å². The maximum atomic E-state index is 13.3. The Hall–Kier alpha value is -4.20. The van der Waals surface area contributed by atoms with Crippen LogP contribution in [0.1, 0.15) is 22.7 Å². The van der Waals surface area contributed by atoms with Gasteiger partial charge in [-0.2, -0.15) is 0 Å². The Labute approximate surface area is 196 Å². The number of hydrogen-bond acceptors (Lipinski definition) is 6. The van der Waals surface area contributed by atoms with Crippen LogP contribution >= 0.6 is 0 Å². The highest BCUT2D eigenvalue weighted by Gasteiger charge is 2.45. The van der Waals surface area contributed by atoms with Crippen LogP contribution in [0.15, 0.2) is 72.6 Å². The number of rotatable bonds is 7. The van der Waals surface area contributed by atoms with Crippen molar-refractivity contribution in [3.63, 3.8) is 0 Å². The number of aromatic nitrogens is 1. The largest absolute Gasteiger partial charge is 0.507 e. The van der Waals surface area contributed by atoms with Gasteiger partial charge in [0.2, 0.25) is 0 Å². The van der Waals surface area contributed by atoms with Gasteiger partial charge < -0.3 is 19.5 Å². The molecule has 2 aromatic carbocycles. The normalized spacial score (nSPS) is 17.1. The first kappa shape index (κ1) is 23.0. The quantitative estimate of drug-likeness (QED) is 0.326. The maximum absolute atomic E-state index is 13.3. The van der Waals surface area contributed by atoms with Gasteiger partial charge in [-0.25, -0.2) is 4.39 Å². The molecule has 1 amide bonds. The lowest BCUT2D eigenvalue weighted by molar-refractivity contribution is -0.139. The summed E-state index contributed by atoms with van der Waals surface area (Å²) in [6.45, 7) is 0.200. The Balaban J connectivity index is 1.77. The molecule has 1 atom stereocenters. The molecule has 174 valence electrons. The summed E-state index contributed by atoms with van der Waals surface area (Å²) < 4.78 is 23.8. The Morgan fingerprint density at radius 2 is 1.68 bits per heavy atom. The third-order valence-corrected chi connectivity index (χ3v) is 5.77. The van der Waals surface area contributed by atoms with E-state index in [2.05, 4.69) is 4.98 Å². The highest BCUT2D eigenvalue weighted by atomic mass is 19.1. The predicted octanol–water partition coefficient (Wildman–Crippen LogP) is 3.90. The minimum Gasteiger partial charge on any atom is -0.507 e. The number of ketones is 1. The van der Waals surface area contributed by atoms with E-state index in [0.717, 1.165) is 5.56 Å². The Bertz CT molecular complexity index is 1240. The Morgan fingerprint density at radius 1 is 1.00 bits per heavy atom. The topological polar surface area (TPSA) is 89.0 Å². The van der Waals surface area contributed by atoms with E-state index < -0.39 is 17.7 Å². The van der Waals surface area contributed by atoms with Crippen molar-refractivity contribution in [3.05, 3.63) is 95.1 Å². The summed E-state index contributed by atoms with van der Waals surface area (Å²) in [5.74, 6) is -1.33. The van der Waals surface area contributed by atoms with Gasteiger partial charge in [0.1, 0.15) is 11.6 Å². The van der Waals surface area contributed by atoms with Crippen LogP contribution in [0.5, 0.6) is 11.5 Å². The number of ether oxygens (including phenoxy) is 2. The van der Waals surface area contributed by atoms with Gasteiger partial charge in [-0.15, -0.1) is 0 Å². The summed E-state index contributed by atoms with van der Waals surface area (Å²) in [6.07, 6.45) is 3.53. The molecule has 1 fully saturated rings. The van der Waals surface area contributed by atoms with E-state index in [9.17, 15) is 19.1 Å². The van der Waals surface area contributed by atoms with Crippen molar-refractivity contribution in [2.45, 2.75) is 12.5 Å². The SMILES string of the molecule is COc1ccc(/C(O)=C2/C(=O)C(=O)N(CCc3ccc(F)cc3)C2c2ccncc2)cc1OC. The molecule has 0 radical (unpaired) electrons. The second-order valence-corrected chi connectivity index (χ2v) is 7.72. The predicted molar refractivity (Wildman–Crippen MR) is 123 cm³/mol. The van der Waals surface area contributed by atoms with E-state index >= 15 is 0 Å². The Morgan fingerprint density at radius 3 is 2.32 bits per heavy atom. The van der Waals surface area contributed by atoms with Crippen molar-refractivity contribution in [2.75, 3.05) is 20.8 Å². The number of benzene rings is 2. The molecule has 1 unspecified atom stereocenters. The number of aliphatic hydroxyl groups is 1. The number of Topliss-reactive ketones (excluding diaryl/α,β-unsaturated/α-hetero) is 1. The minimum absolute atomic E-state index is 0.0254. The monoisotopic (exact) mass is 462 g/mol. The molecule has 3 aromatic rings. The van der Waals surface area contributed by atoms with Crippen molar-refractivity contribution in [1.29, 1.82) is 0 Å². The van der Waals surface area contributed by atoms with Crippen molar-refractivity contribution in [3.8, 4) is 11.5 Å². The summed E-state index contributed by atoms with van der Waals surface area (Å²) in [4.78, 5) is 31.6. The highest BCUT2D eigenvalue weighted by molar-refractivity contribution is 6.46. The molecule has 1 aliphatic heterocycles. The van der Waals surface area contributed by atoms with Gasteiger partial charge in [-0.3, -0.25) is 14.6 Å². The summed E-state index contributed by atoms with van der Waals surface area (Å²) in [6, 6.07) is 13.3. The highest BCUT2D eigenvalue weighted by Crippen LogP contribution is 2.40. The molecular formula is C26H23FN2O5. The summed E-state index contributed by atoms with van der Waals surface area (Å²) in [5, 5.41) is 11.2. The first-order valence-corrected chi connectivity index (χ1v) is 10.6. The minimum atomic E-state index is -0.809. The van der Waals surface area contributed by atoms with E-state index in [1.54, 1.807) is 54.9 Å². The van der Waals surface area contributed by atoms with Crippen LogP contribution in [0, 0.1) is 5.82 Å². The van der Waals surface area contributed by atoms with Crippen LogP contribution in [0.25, 0.3) is 5.76 Å². The van der Waals surface area contributed by atoms with Gasteiger partial charge in [0.15, 0.2) is 11.5 Å². The standard InChI is InChI=1S/C26H23FN2O5/c1-33-20-8-5-18(15-21(20)34-2)24(30)22-23(17-9-12-28-13-10-17)29(26(32)25(22)31)14-11-16-3-6-19(27)7-4-16/h3-10,12-13,15,23,30H,11,14H2,1-2H3/b24-22-. The zero-order chi connectivity index (χ0) is 24.2. The number of carbonyl (C=O) groups is 2. The van der Waals surface area contributed by atoms with Crippen molar-refractivity contribution >= 4 is 17.4 Å². The number of halogens is 1. The van der Waals surface area contributed by atoms with Crippen LogP contribution in [0.4, 0.5) is 4.39 Å². The van der Waals surface area contributed by atoms with Crippen LogP contribution in [-0.4, -0.2) is 47.4 Å². The van der Waals surface area contributed by atoms with Gasteiger partial charge in [-0.1, -0.05) is 12.1 Å². The molecule has 0 bridgehead atoms. The van der Waals surface area contributed by atoms with E-state index in [4.69, 9.17) is 9.47 Å². The zero-order valence-corrected chi connectivity index (χ0v) is 18.7. The lowest BCUT2D eigenvalue weighted by Crippen LogP contribution is -2.31. The number of pyridine rings is 1. The fraction of sp³-hybridized carbons (Fsp3) is 0.192. The number of aliphatic hydroxyl groups excluding tert-OH is 1. The van der Waals surface area contributed by atoms with Crippen LogP contribution in [-0.2, 0) is 16.0 Å². The molecular weight excluding hydrogens is 439 g/mol. The molecule has 2 heterocycles. The molecule has 1 saturated heterocycles. The smallest absolute Gasteiger partial charge is 0.295 e. The summed E-state index contributed by atoms with van der Waals surface area (Å²) >= 11 is 0. The summed E-state index contributed by atoms with van der Waals surface area (Å²) in [7, 11) is 2.96. The average Bonchev–Trinajstić information content (AvgIpc) is 3.13. The van der Waals surface area contributed by atoms with Crippen molar-refractivity contribution < 1.29 is 28.6 Å². The fourth-order valence-electron chi connectivity index (χ4n) is 4.04. The van der Waals surface area contributed by atoms with Gasteiger partial charge in [-0.05, 0) is 60.0 Å². The van der Waals surface area contributed by atoms with Gasteiger partial charge in [0.05, 0.1) is 25.8 Å². The third-order valence-electron chi connectivity index (χ3n) is 5.77. The molecule has 1 N–H and O–H groups in total. The van der Waals surface area contributed by atoms with Crippen LogP contribution in [0.2, 0.25) is 0 Å². The van der Waals surface area contributed by atoms with Crippen LogP contribution in [0.3, 0.4) is 0 Å². The van der Waals surface area contributed by atoms with Crippen molar-refractivity contribution in [1.82, 2.24) is 9.88 Å². The van der Waals surface area contributed by atoms with Crippen LogP contribution < -0.4 is 9.47 Å². The first-order chi connectivity index (χ1) is 16.4. The van der Waals surface area contributed by atoms with E-state index in [0.29, 0.717) is 29.0 Å². The second-order valence-electron chi connectivity index (χ2n) is 7.72. The number of amides is 1. The van der Waals surface area contributed by atoms with E-state index in [1.165, 1.54) is 31.3 Å². The molecule has 0 spiro atoms. The number of likely N-dealkylation sites (tertiary alicyclic amines) is 1. The van der Waals surface area contributed by atoms with Gasteiger partial charge in [0, 0.05) is 24.5 Å². The van der Waals surface area contributed by atoms with E-state index in [1.807, 2.05) is 0 Å². The number of hydrogen-bond donors (Lipinski definition) is 1. The molecule has 8 heteroatoms. The molecule has 0 aliphatic carbocycles. The molecule has 0 saturated carbocycles. The molecule has 34 heavy (non-hydrogen) atoms.